The summed E-state index contributed by atoms with van der Waals surface area (Å²) in [4.78, 5) is 11.3. The first kappa shape index (κ1) is 9.48. The van der Waals surface area contributed by atoms with E-state index in [0.29, 0.717) is 6.54 Å². The number of piperidine rings is 1. The maximum absolute atomic E-state index is 11.3. The molecule has 0 spiro atoms. The van der Waals surface area contributed by atoms with Crippen molar-refractivity contribution in [2.75, 3.05) is 13.7 Å². The predicted molar refractivity (Wildman–Crippen MR) is 45.6 cm³/mol. The molecule has 12 heavy (non-hydrogen) atoms. The standard InChI is InChI=1S/C8H16N2O2/c1-5-3-7(12-2)6(4-9)8(11)10-5/h5-7H,3-4,9H2,1-2H3,(H,10,11). The van der Waals surface area contributed by atoms with Crippen LogP contribution in [0.4, 0.5) is 0 Å². The molecule has 70 valence electrons. The van der Waals surface area contributed by atoms with Crippen LogP contribution in [0.1, 0.15) is 13.3 Å². The molecule has 4 nitrogen and oxygen atoms in total. The highest BCUT2D eigenvalue weighted by Crippen LogP contribution is 2.17. The van der Waals surface area contributed by atoms with Crippen LogP contribution in [0.3, 0.4) is 0 Å². The lowest BCUT2D eigenvalue weighted by molar-refractivity contribution is -0.133. The molecule has 3 unspecified atom stereocenters. The Labute approximate surface area is 72.5 Å². The second-order valence-electron chi connectivity index (χ2n) is 3.26. The van der Waals surface area contributed by atoms with Gasteiger partial charge in [0.2, 0.25) is 5.91 Å². The van der Waals surface area contributed by atoms with Gasteiger partial charge in [-0.15, -0.1) is 0 Å². The number of methoxy groups -OCH3 is 1. The van der Waals surface area contributed by atoms with Gasteiger partial charge in [-0.1, -0.05) is 0 Å². The van der Waals surface area contributed by atoms with Crippen molar-refractivity contribution in [1.82, 2.24) is 5.32 Å². The molecule has 0 aliphatic carbocycles. The summed E-state index contributed by atoms with van der Waals surface area (Å²) in [6, 6.07) is 0.199. The molecule has 0 saturated carbocycles. The maximum atomic E-state index is 11.3. The third-order valence-corrected chi connectivity index (χ3v) is 2.32. The van der Waals surface area contributed by atoms with Crippen LogP contribution in [0, 0.1) is 5.92 Å². The van der Waals surface area contributed by atoms with Crippen LogP contribution in [0.15, 0.2) is 0 Å². The van der Waals surface area contributed by atoms with Crippen LogP contribution in [-0.4, -0.2) is 31.7 Å². The van der Waals surface area contributed by atoms with Crippen molar-refractivity contribution < 1.29 is 9.53 Å². The summed E-state index contributed by atoms with van der Waals surface area (Å²) >= 11 is 0. The molecule has 1 fully saturated rings. The molecule has 1 saturated heterocycles. The molecule has 0 aromatic heterocycles. The summed E-state index contributed by atoms with van der Waals surface area (Å²) < 4.78 is 5.19. The molecule has 0 aromatic rings. The lowest BCUT2D eigenvalue weighted by Crippen LogP contribution is -2.52. The van der Waals surface area contributed by atoms with Gasteiger partial charge >= 0.3 is 0 Å². The molecule has 3 atom stereocenters. The van der Waals surface area contributed by atoms with Crippen LogP contribution < -0.4 is 11.1 Å². The van der Waals surface area contributed by atoms with E-state index in [1.54, 1.807) is 7.11 Å². The number of ether oxygens (including phenoxy) is 1. The number of hydrogen-bond acceptors (Lipinski definition) is 3. The third-order valence-electron chi connectivity index (χ3n) is 2.32. The van der Waals surface area contributed by atoms with Gasteiger partial charge in [-0.25, -0.2) is 0 Å². The fourth-order valence-electron chi connectivity index (χ4n) is 1.61. The third kappa shape index (κ3) is 1.76. The van der Waals surface area contributed by atoms with Crippen molar-refractivity contribution >= 4 is 5.91 Å². The van der Waals surface area contributed by atoms with Gasteiger partial charge in [-0.3, -0.25) is 4.79 Å². The summed E-state index contributed by atoms with van der Waals surface area (Å²) in [5.74, 6) is -0.158. The number of nitrogens with two attached hydrogens (primary N) is 1. The van der Waals surface area contributed by atoms with E-state index < -0.39 is 0 Å². The zero-order chi connectivity index (χ0) is 9.14. The Balaban J connectivity index is 2.63. The summed E-state index contributed by atoms with van der Waals surface area (Å²) in [5.41, 5.74) is 5.46. The second kappa shape index (κ2) is 3.87. The van der Waals surface area contributed by atoms with E-state index in [-0.39, 0.29) is 24.0 Å². The first-order chi connectivity index (χ1) is 5.69. The number of nitrogens with one attached hydrogen (secondary N) is 1. The fourth-order valence-corrected chi connectivity index (χ4v) is 1.61. The van der Waals surface area contributed by atoms with Crippen LogP contribution >= 0.6 is 0 Å². The van der Waals surface area contributed by atoms with Crippen molar-refractivity contribution in [3.63, 3.8) is 0 Å². The van der Waals surface area contributed by atoms with E-state index in [9.17, 15) is 4.79 Å². The summed E-state index contributed by atoms with van der Waals surface area (Å²) in [6.45, 7) is 2.33. The summed E-state index contributed by atoms with van der Waals surface area (Å²) in [7, 11) is 1.62. The van der Waals surface area contributed by atoms with Crippen molar-refractivity contribution in [2.24, 2.45) is 11.7 Å². The van der Waals surface area contributed by atoms with Crippen LogP contribution in [0.25, 0.3) is 0 Å². The minimum atomic E-state index is -0.175. The number of rotatable bonds is 2. The van der Waals surface area contributed by atoms with Gasteiger partial charge in [0, 0.05) is 19.7 Å². The molecule has 3 N–H and O–H groups in total. The average molecular weight is 172 g/mol. The van der Waals surface area contributed by atoms with E-state index >= 15 is 0 Å². The largest absolute Gasteiger partial charge is 0.380 e. The van der Waals surface area contributed by atoms with E-state index in [0.717, 1.165) is 6.42 Å². The topological polar surface area (TPSA) is 64.3 Å². The summed E-state index contributed by atoms with van der Waals surface area (Å²) in [6.07, 6.45) is 0.836. The van der Waals surface area contributed by atoms with Gasteiger partial charge in [0.1, 0.15) is 0 Å². The normalized spacial score (nSPS) is 36.2. The number of carbonyl (C=O) groups is 1. The molecule has 1 aliphatic rings. The Morgan fingerprint density at radius 3 is 2.92 bits per heavy atom. The van der Waals surface area contributed by atoms with Gasteiger partial charge in [-0.05, 0) is 13.3 Å². The maximum Gasteiger partial charge on any atom is 0.227 e. The number of carbonyl (C=O) groups excluding carboxylic acids is 1. The highest BCUT2D eigenvalue weighted by Gasteiger charge is 2.33. The molecule has 1 heterocycles. The zero-order valence-corrected chi connectivity index (χ0v) is 7.54. The number of hydrogen-bond donors (Lipinski definition) is 2. The Morgan fingerprint density at radius 2 is 2.42 bits per heavy atom. The van der Waals surface area contributed by atoms with E-state index in [1.165, 1.54) is 0 Å². The average Bonchev–Trinajstić information content (AvgIpc) is 2.03. The molecule has 0 aromatic carbocycles. The van der Waals surface area contributed by atoms with Gasteiger partial charge in [0.05, 0.1) is 12.0 Å². The molecule has 0 bridgehead atoms. The molecular weight excluding hydrogens is 156 g/mol. The van der Waals surface area contributed by atoms with E-state index in [4.69, 9.17) is 10.5 Å². The second-order valence-corrected chi connectivity index (χ2v) is 3.26. The highest BCUT2D eigenvalue weighted by molar-refractivity contribution is 5.80. The Kier molecular flexibility index (Phi) is 3.05. The Bertz CT molecular complexity index is 172. The highest BCUT2D eigenvalue weighted by atomic mass is 16.5. The van der Waals surface area contributed by atoms with Gasteiger partial charge in [0.15, 0.2) is 0 Å². The minimum absolute atomic E-state index is 0.0150. The van der Waals surface area contributed by atoms with E-state index in [2.05, 4.69) is 5.32 Å². The fraction of sp³-hybridized carbons (Fsp3) is 0.875. The molecule has 1 amide bonds. The number of amides is 1. The molecule has 1 aliphatic heterocycles. The Morgan fingerprint density at radius 1 is 1.75 bits per heavy atom. The monoisotopic (exact) mass is 172 g/mol. The van der Waals surface area contributed by atoms with Crippen molar-refractivity contribution in [3.8, 4) is 0 Å². The zero-order valence-electron chi connectivity index (χ0n) is 7.54. The van der Waals surface area contributed by atoms with Gasteiger partial charge in [-0.2, -0.15) is 0 Å². The SMILES string of the molecule is COC1CC(C)NC(=O)C1CN. The summed E-state index contributed by atoms with van der Waals surface area (Å²) in [5, 5.41) is 2.85. The lowest BCUT2D eigenvalue weighted by atomic mass is 9.91. The molecular formula is C8H16N2O2. The van der Waals surface area contributed by atoms with Crippen LogP contribution in [0.2, 0.25) is 0 Å². The van der Waals surface area contributed by atoms with Gasteiger partial charge in [0.25, 0.3) is 0 Å². The van der Waals surface area contributed by atoms with Crippen LogP contribution in [0.5, 0.6) is 0 Å². The van der Waals surface area contributed by atoms with Crippen LogP contribution in [-0.2, 0) is 9.53 Å². The van der Waals surface area contributed by atoms with Gasteiger partial charge < -0.3 is 15.8 Å². The molecule has 4 heteroatoms. The molecule has 1 rings (SSSR count). The van der Waals surface area contributed by atoms with Crippen molar-refractivity contribution in [1.29, 1.82) is 0 Å². The quantitative estimate of drug-likeness (QED) is 0.589. The first-order valence-electron chi connectivity index (χ1n) is 4.22. The molecule has 0 radical (unpaired) electrons. The smallest absolute Gasteiger partial charge is 0.227 e. The van der Waals surface area contributed by atoms with Crippen molar-refractivity contribution in [2.45, 2.75) is 25.5 Å². The first-order valence-corrected chi connectivity index (χ1v) is 4.22. The van der Waals surface area contributed by atoms with E-state index in [1.807, 2.05) is 6.92 Å². The Hall–Kier alpha value is -0.610. The lowest BCUT2D eigenvalue weighted by Gasteiger charge is -2.32. The van der Waals surface area contributed by atoms with Crippen molar-refractivity contribution in [3.05, 3.63) is 0 Å². The minimum Gasteiger partial charge on any atom is -0.380 e. The predicted octanol–water partition coefficient (Wildman–Crippen LogP) is -0.515.